The van der Waals surface area contributed by atoms with Crippen molar-refractivity contribution in [2.45, 2.75) is 39.2 Å². The van der Waals surface area contributed by atoms with Crippen LogP contribution in [0, 0.1) is 6.92 Å². The first-order valence-electron chi connectivity index (χ1n) is 10.1. The van der Waals surface area contributed by atoms with Crippen LogP contribution in [0.2, 0.25) is 5.02 Å². The third-order valence-electron chi connectivity index (χ3n) is 5.53. The summed E-state index contributed by atoms with van der Waals surface area (Å²) in [6.45, 7) is 5.52. The van der Waals surface area contributed by atoms with Crippen molar-refractivity contribution in [3.8, 4) is 16.9 Å². The minimum absolute atomic E-state index is 0.0539. The molecule has 1 fully saturated rings. The summed E-state index contributed by atoms with van der Waals surface area (Å²) in [6.07, 6.45) is 4.61. The van der Waals surface area contributed by atoms with Crippen LogP contribution in [0.25, 0.3) is 22.0 Å². The standard InChI is InChI=1S/C24H25ClN2O2/c1-16-7-6-8-21(25)23(16)20-11-12-26-22-15-18(9-10-19(20)22)29-17(2)24(28)27-13-4-3-5-14-27/h6-12,15,17H,3-5,13-14H2,1-2H3. The Morgan fingerprint density at radius 1 is 1.14 bits per heavy atom. The van der Waals surface area contributed by atoms with Crippen molar-refractivity contribution < 1.29 is 9.53 Å². The number of halogens is 1. The molecule has 5 heteroatoms. The molecule has 2 aromatic carbocycles. The average molecular weight is 409 g/mol. The number of aryl methyl sites for hydroxylation is 1. The van der Waals surface area contributed by atoms with E-state index in [4.69, 9.17) is 16.3 Å². The lowest BCUT2D eigenvalue weighted by molar-refractivity contribution is -0.138. The Balaban J connectivity index is 1.61. The van der Waals surface area contributed by atoms with E-state index in [1.165, 1.54) is 6.42 Å². The zero-order chi connectivity index (χ0) is 20.4. The van der Waals surface area contributed by atoms with Crippen LogP contribution in [-0.4, -0.2) is 35.0 Å². The number of hydrogen-bond donors (Lipinski definition) is 0. The van der Waals surface area contributed by atoms with Crippen LogP contribution < -0.4 is 4.74 Å². The fourth-order valence-corrected chi connectivity index (χ4v) is 4.34. The third kappa shape index (κ3) is 4.08. The number of benzene rings is 2. The van der Waals surface area contributed by atoms with Crippen LogP contribution in [0.15, 0.2) is 48.7 Å². The molecule has 0 spiro atoms. The summed E-state index contributed by atoms with van der Waals surface area (Å²) in [7, 11) is 0. The van der Waals surface area contributed by atoms with E-state index in [0.717, 1.165) is 58.5 Å². The van der Waals surface area contributed by atoms with Gasteiger partial charge in [-0.15, -0.1) is 0 Å². The van der Waals surface area contributed by atoms with E-state index >= 15 is 0 Å². The fourth-order valence-electron chi connectivity index (χ4n) is 4.02. The lowest BCUT2D eigenvalue weighted by atomic mass is 9.97. The molecule has 150 valence electrons. The van der Waals surface area contributed by atoms with E-state index in [2.05, 4.69) is 18.0 Å². The summed E-state index contributed by atoms with van der Waals surface area (Å²) < 4.78 is 5.97. The molecular formula is C24H25ClN2O2. The van der Waals surface area contributed by atoms with Gasteiger partial charge in [0.1, 0.15) is 5.75 Å². The molecule has 1 atom stereocenters. The summed E-state index contributed by atoms with van der Waals surface area (Å²) in [5, 5.41) is 1.73. The third-order valence-corrected chi connectivity index (χ3v) is 5.85. The Hall–Kier alpha value is -2.59. The van der Waals surface area contributed by atoms with Gasteiger partial charge in [0.25, 0.3) is 5.91 Å². The predicted molar refractivity (Wildman–Crippen MR) is 117 cm³/mol. The second kappa shape index (κ2) is 8.42. The number of fused-ring (bicyclic) bond motifs is 1. The number of rotatable bonds is 4. The maximum Gasteiger partial charge on any atom is 0.263 e. The number of amides is 1. The maximum atomic E-state index is 12.7. The Bertz CT molecular complexity index is 1020. The molecule has 1 aliphatic rings. The maximum absolute atomic E-state index is 12.7. The highest BCUT2D eigenvalue weighted by atomic mass is 35.5. The molecule has 1 aliphatic heterocycles. The van der Waals surface area contributed by atoms with E-state index in [9.17, 15) is 4.79 Å². The summed E-state index contributed by atoms with van der Waals surface area (Å²) in [6, 6.07) is 13.7. The Morgan fingerprint density at radius 3 is 2.69 bits per heavy atom. The van der Waals surface area contributed by atoms with Crippen LogP contribution >= 0.6 is 11.6 Å². The Morgan fingerprint density at radius 2 is 1.93 bits per heavy atom. The van der Waals surface area contributed by atoms with Crippen LogP contribution in [-0.2, 0) is 4.79 Å². The van der Waals surface area contributed by atoms with Crippen molar-refractivity contribution in [2.24, 2.45) is 0 Å². The highest BCUT2D eigenvalue weighted by molar-refractivity contribution is 6.34. The van der Waals surface area contributed by atoms with Gasteiger partial charge >= 0.3 is 0 Å². The van der Waals surface area contributed by atoms with Crippen molar-refractivity contribution in [3.05, 3.63) is 59.2 Å². The summed E-state index contributed by atoms with van der Waals surface area (Å²) >= 11 is 6.49. The van der Waals surface area contributed by atoms with E-state index in [0.29, 0.717) is 5.75 Å². The first-order valence-corrected chi connectivity index (χ1v) is 10.5. The van der Waals surface area contributed by atoms with Gasteiger partial charge in [-0.25, -0.2) is 0 Å². The molecule has 1 saturated heterocycles. The molecule has 1 aromatic heterocycles. The smallest absolute Gasteiger partial charge is 0.263 e. The lowest BCUT2D eigenvalue weighted by Gasteiger charge is -2.29. The molecule has 3 aromatic rings. The van der Waals surface area contributed by atoms with E-state index < -0.39 is 6.10 Å². The molecule has 4 nitrogen and oxygen atoms in total. The number of carbonyl (C=O) groups excluding carboxylic acids is 1. The highest BCUT2D eigenvalue weighted by Gasteiger charge is 2.23. The number of piperidine rings is 1. The summed E-state index contributed by atoms with van der Waals surface area (Å²) in [5.74, 6) is 0.703. The topological polar surface area (TPSA) is 42.4 Å². The van der Waals surface area contributed by atoms with Gasteiger partial charge in [0.05, 0.1) is 5.52 Å². The van der Waals surface area contributed by atoms with Gasteiger partial charge in [0, 0.05) is 41.3 Å². The Kier molecular flexibility index (Phi) is 5.72. The van der Waals surface area contributed by atoms with E-state index in [1.807, 2.05) is 48.2 Å². The van der Waals surface area contributed by atoms with Gasteiger partial charge in [0.15, 0.2) is 6.10 Å². The molecule has 0 saturated carbocycles. The number of carbonyl (C=O) groups is 1. The molecule has 2 heterocycles. The van der Waals surface area contributed by atoms with Crippen molar-refractivity contribution >= 4 is 28.4 Å². The molecule has 0 radical (unpaired) electrons. The monoisotopic (exact) mass is 408 g/mol. The molecule has 0 N–H and O–H groups in total. The molecule has 1 unspecified atom stereocenters. The molecule has 29 heavy (non-hydrogen) atoms. The molecule has 0 aliphatic carbocycles. The lowest BCUT2D eigenvalue weighted by Crippen LogP contribution is -2.43. The van der Waals surface area contributed by atoms with Crippen molar-refractivity contribution in [3.63, 3.8) is 0 Å². The van der Waals surface area contributed by atoms with Crippen LogP contribution in [0.4, 0.5) is 0 Å². The number of aromatic nitrogens is 1. The Labute approximate surface area is 176 Å². The van der Waals surface area contributed by atoms with Crippen molar-refractivity contribution in [2.75, 3.05) is 13.1 Å². The number of nitrogens with zero attached hydrogens (tertiary/aromatic N) is 2. The largest absolute Gasteiger partial charge is 0.481 e. The number of ether oxygens (including phenoxy) is 1. The number of likely N-dealkylation sites (tertiary alicyclic amines) is 1. The molecular weight excluding hydrogens is 384 g/mol. The number of hydrogen-bond acceptors (Lipinski definition) is 3. The van der Waals surface area contributed by atoms with Crippen molar-refractivity contribution in [1.29, 1.82) is 0 Å². The van der Waals surface area contributed by atoms with Gasteiger partial charge < -0.3 is 9.64 Å². The fraction of sp³-hybridized carbons (Fsp3) is 0.333. The summed E-state index contributed by atoms with van der Waals surface area (Å²) in [5.41, 5.74) is 3.99. The SMILES string of the molecule is Cc1cccc(Cl)c1-c1ccnc2cc(OC(C)C(=O)N3CCCCC3)ccc12. The second-order valence-electron chi connectivity index (χ2n) is 7.62. The average Bonchev–Trinajstić information content (AvgIpc) is 2.73. The summed E-state index contributed by atoms with van der Waals surface area (Å²) in [4.78, 5) is 19.1. The first kappa shape index (κ1) is 19.7. The van der Waals surface area contributed by atoms with E-state index in [-0.39, 0.29) is 5.91 Å². The van der Waals surface area contributed by atoms with Crippen LogP contribution in [0.5, 0.6) is 5.75 Å². The normalized spacial score (nSPS) is 15.3. The zero-order valence-electron chi connectivity index (χ0n) is 16.8. The van der Waals surface area contributed by atoms with Crippen LogP contribution in [0.3, 0.4) is 0 Å². The first-order chi connectivity index (χ1) is 14.0. The predicted octanol–water partition coefficient (Wildman–Crippen LogP) is 5.64. The van der Waals surface area contributed by atoms with E-state index in [1.54, 1.807) is 6.20 Å². The van der Waals surface area contributed by atoms with Gasteiger partial charge in [-0.2, -0.15) is 0 Å². The van der Waals surface area contributed by atoms with Gasteiger partial charge in [-0.3, -0.25) is 9.78 Å². The van der Waals surface area contributed by atoms with Crippen molar-refractivity contribution in [1.82, 2.24) is 9.88 Å². The molecule has 1 amide bonds. The van der Waals surface area contributed by atoms with Gasteiger partial charge in [0.2, 0.25) is 0 Å². The quantitative estimate of drug-likeness (QED) is 0.560. The minimum atomic E-state index is -0.514. The van der Waals surface area contributed by atoms with Gasteiger partial charge in [-0.05, 0) is 68.5 Å². The highest BCUT2D eigenvalue weighted by Crippen LogP contribution is 2.36. The molecule has 0 bridgehead atoms. The zero-order valence-corrected chi connectivity index (χ0v) is 17.6. The second-order valence-corrected chi connectivity index (χ2v) is 8.02. The minimum Gasteiger partial charge on any atom is -0.481 e. The van der Waals surface area contributed by atoms with Crippen LogP contribution in [0.1, 0.15) is 31.7 Å². The molecule has 4 rings (SSSR count). The van der Waals surface area contributed by atoms with Gasteiger partial charge in [-0.1, -0.05) is 23.7 Å². The number of pyridine rings is 1.